The topological polar surface area (TPSA) is 20.2 Å². The minimum absolute atomic E-state index is 0.171. The molecular formula is C13H13FO. The van der Waals surface area contributed by atoms with E-state index >= 15 is 0 Å². The summed E-state index contributed by atoms with van der Waals surface area (Å²) in [6.45, 7) is 2.03. The zero-order chi connectivity index (χ0) is 10.8. The molecule has 2 rings (SSSR count). The maximum absolute atomic E-state index is 13.6. The molecule has 0 unspecified atom stereocenters. The average Bonchev–Trinajstić information content (AvgIpc) is 2.20. The molecule has 0 aliphatic carbocycles. The Kier molecular flexibility index (Phi) is 2.58. The molecule has 0 aromatic heterocycles. The van der Waals surface area contributed by atoms with E-state index in [1.807, 2.05) is 19.1 Å². The van der Waals surface area contributed by atoms with E-state index in [2.05, 4.69) is 0 Å². The van der Waals surface area contributed by atoms with E-state index in [4.69, 9.17) is 0 Å². The third kappa shape index (κ3) is 1.94. The van der Waals surface area contributed by atoms with Gasteiger partial charge in [0.2, 0.25) is 0 Å². The smallest absolute Gasteiger partial charge is 0.127 e. The van der Waals surface area contributed by atoms with Crippen LogP contribution >= 0.6 is 0 Å². The van der Waals surface area contributed by atoms with Crippen molar-refractivity contribution in [1.29, 1.82) is 0 Å². The first-order valence-electron chi connectivity index (χ1n) is 5.12. The van der Waals surface area contributed by atoms with E-state index in [0.29, 0.717) is 0 Å². The average molecular weight is 204 g/mol. The lowest BCUT2D eigenvalue weighted by molar-refractivity contribution is 0.476. The lowest BCUT2D eigenvalue weighted by Gasteiger charge is -2.04. The SMILES string of the molecule is CCCc1cc2ccc(O)cc2cc1F. The van der Waals surface area contributed by atoms with Gasteiger partial charge < -0.3 is 5.11 Å². The summed E-state index contributed by atoms with van der Waals surface area (Å²) in [5, 5.41) is 11.0. The van der Waals surface area contributed by atoms with Crippen molar-refractivity contribution in [3.05, 3.63) is 41.7 Å². The van der Waals surface area contributed by atoms with Crippen LogP contribution in [0.5, 0.6) is 5.75 Å². The van der Waals surface area contributed by atoms with Gasteiger partial charge in [-0.2, -0.15) is 0 Å². The van der Waals surface area contributed by atoms with Crippen molar-refractivity contribution < 1.29 is 9.50 Å². The van der Waals surface area contributed by atoms with Crippen molar-refractivity contribution in [1.82, 2.24) is 0 Å². The first kappa shape index (κ1) is 9.97. The second-order valence-electron chi connectivity index (χ2n) is 3.73. The molecule has 0 saturated carbocycles. The Labute approximate surface area is 88.2 Å². The van der Waals surface area contributed by atoms with E-state index in [9.17, 15) is 9.50 Å². The standard InChI is InChI=1S/C13H13FO/c1-2-3-10-6-9-4-5-12(15)7-11(9)8-13(10)14/h4-8,15H,2-3H2,1H3. The van der Waals surface area contributed by atoms with Gasteiger partial charge in [0.15, 0.2) is 0 Å². The maximum atomic E-state index is 13.6. The van der Waals surface area contributed by atoms with Crippen LogP contribution in [0.3, 0.4) is 0 Å². The summed E-state index contributed by atoms with van der Waals surface area (Å²) in [6.07, 6.45) is 1.68. The quantitative estimate of drug-likeness (QED) is 0.791. The number of hydrogen-bond donors (Lipinski definition) is 1. The lowest BCUT2D eigenvalue weighted by atomic mass is 10.0. The molecule has 0 saturated heterocycles. The Morgan fingerprint density at radius 2 is 1.93 bits per heavy atom. The molecular weight excluding hydrogens is 191 g/mol. The molecule has 0 fully saturated rings. The first-order chi connectivity index (χ1) is 7.20. The number of hydrogen-bond acceptors (Lipinski definition) is 1. The molecule has 2 heteroatoms. The van der Waals surface area contributed by atoms with E-state index in [0.717, 1.165) is 29.2 Å². The molecule has 15 heavy (non-hydrogen) atoms. The van der Waals surface area contributed by atoms with Gasteiger partial charge in [0.05, 0.1) is 0 Å². The van der Waals surface area contributed by atoms with Gasteiger partial charge >= 0.3 is 0 Å². The van der Waals surface area contributed by atoms with E-state index in [1.54, 1.807) is 12.1 Å². The fourth-order valence-corrected chi connectivity index (χ4v) is 1.77. The van der Waals surface area contributed by atoms with E-state index in [1.165, 1.54) is 6.07 Å². The number of aromatic hydroxyl groups is 1. The Balaban J connectivity index is 2.60. The van der Waals surface area contributed by atoms with Crippen molar-refractivity contribution in [2.24, 2.45) is 0 Å². The van der Waals surface area contributed by atoms with Gasteiger partial charge in [0, 0.05) is 0 Å². The van der Waals surface area contributed by atoms with Gasteiger partial charge in [-0.3, -0.25) is 0 Å². The van der Waals surface area contributed by atoms with Gasteiger partial charge in [-0.15, -0.1) is 0 Å². The fourth-order valence-electron chi connectivity index (χ4n) is 1.77. The molecule has 0 radical (unpaired) electrons. The molecule has 0 spiro atoms. The van der Waals surface area contributed by atoms with Crippen LogP contribution in [0.4, 0.5) is 4.39 Å². The lowest BCUT2D eigenvalue weighted by Crippen LogP contribution is -1.89. The summed E-state index contributed by atoms with van der Waals surface area (Å²) in [7, 11) is 0. The summed E-state index contributed by atoms with van der Waals surface area (Å²) in [5.41, 5.74) is 0.746. The van der Waals surface area contributed by atoms with Gasteiger partial charge in [-0.05, 0) is 47.0 Å². The first-order valence-corrected chi connectivity index (χ1v) is 5.12. The van der Waals surface area contributed by atoms with Gasteiger partial charge in [0.25, 0.3) is 0 Å². The fraction of sp³-hybridized carbons (Fsp3) is 0.231. The minimum Gasteiger partial charge on any atom is -0.508 e. The molecule has 0 amide bonds. The van der Waals surface area contributed by atoms with Crippen LogP contribution in [0, 0.1) is 5.82 Å². The monoisotopic (exact) mass is 204 g/mol. The van der Waals surface area contributed by atoms with Crippen LogP contribution in [0.1, 0.15) is 18.9 Å². The second-order valence-corrected chi connectivity index (χ2v) is 3.73. The van der Waals surface area contributed by atoms with Crippen molar-refractivity contribution in [3.8, 4) is 5.75 Å². The minimum atomic E-state index is -0.185. The van der Waals surface area contributed by atoms with Crippen LogP contribution in [-0.4, -0.2) is 5.11 Å². The van der Waals surface area contributed by atoms with Crippen LogP contribution in [0.25, 0.3) is 10.8 Å². The van der Waals surface area contributed by atoms with E-state index < -0.39 is 0 Å². The third-order valence-corrected chi connectivity index (χ3v) is 2.51. The van der Waals surface area contributed by atoms with Gasteiger partial charge in [-0.1, -0.05) is 19.4 Å². The molecule has 0 bridgehead atoms. The highest BCUT2D eigenvalue weighted by molar-refractivity contribution is 5.84. The zero-order valence-electron chi connectivity index (χ0n) is 8.63. The van der Waals surface area contributed by atoms with Crippen LogP contribution in [0.2, 0.25) is 0 Å². The number of phenolic OH excluding ortho intramolecular Hbond substituents is 1. The number of halogens is 1. The van der Waals surface area contributed by atoms with Gasteiger partial charge in [-0.25, -0.2) is 4.39 Å². The molecule has 1 nitrogen and oxygen atoms in total. The largest absolute Gasteiger partial charge is 0.508 e. The van der Waals surface area contributed by atoms with Crippen LogP contribution in [0.15, 0.2) is 30.3 Å². The Bertz CT molecular complexity index is 491. The van der Waals surface area contributed by atoms with Crippen LogP contribution in [-0.2, 0) is 6.42 Å². The molecule has 0 atom stereocenters. The molecule has 0 aliphatic rings. The van der Waals surface area contributed by atoms with Crippen molar-refractivity contribution in [3.63, 3.8) is 0 Å². The molecule has 0 heterocycles. The number of benzene rings is 2. The molecule has 0 aliphatic heterocycles. The molecule has 78 valence electrons. The maximum Gasteiger partial charge on any atom is 0.127 e. The zero-order valence-corrected chi connectivity index (χ0v) is 8.63. The Hall–Kier alpha value is -1.57. The van der Waals surface area contributed by atoms with E-state index in [-0.39, 0.29) is 11.6 Å². The van der Waals surface area contributed by atoms with Gasteiger partial charge in [0.1, 0.15) is 11.6 Å². The number of rotatable bonds is 2. The Morgan fingerprint density at radius 3 is 2.67 bits per heavy atom. The number of phenols is 1. The number of fused-ring (bicyclic) bond motifs is 1. The molecule has 1 N–H and O–H groups in total. The summed E-state index contributed by atoms with van der Waals surface area (Å²) in [6, 6.07) is 8.35. The summed E-state index contributed by atoms with van der Waals surface area (Å²) < 4.78 is 13.6. The predicted octanol–water partition coefficient (Wildman–Crippen LogP) is 3.64. The number of aryl methyl sites for hydroxylation is 1. The summed E-state index contributed by atoms with van der Waals surface area (Å²) in [4.78, 5) is 0. The normalized spacial score (nSPS) is 10.8. The highest BCUT2D eigenvalue weighted by Crippen LogP contribution is 2.23. The predicted molar refractivity (Wildman–Crippen MR) is 59.6 cm³/mol. The molecule has 2 aromatic carbocycles. The highest BCUT2D eigenvalue weighted by Gasteiger charge is 2.04. The highest BCUT2D eigenvalue weighted by atomic mass is 19.1. The Morgan fingerprint density at radius 1 is 1.13 bits per heavy atom. The summed E-state index contributed by atoms with van der Waals surface area (Å²) >= 11 is 0. The van der Waals surface area contributed by atoms with Crippen molar-refractivity contribution >= 4 is 10.8 Å². The molecule has 2 aromatic rings. The van der Waals surface area contributed by atoms with Crippen LogP contribution < -0.4 is 0 Å². The van der Waals surface area contributed by atoms with Crippen molar-refractivity contribution in [2.75, 3.05) is 0 Å². The van der Waals surface area contributed by atoms with Crippen molar-refractivity contribution in [2.45, 2.75) is 19.8 Å². The third-order valence-electron chi connectivity index (χ3n) is 2.51. The second kappa shape index (κ2) is 3.89. The summed E-state index contributed by atoms with van der Waals surface area (Å²) in [5.74, 6) is -0.0138.